The summed E-state index contributed by atoms with van der Waals surface area (Å²) >= 11 is 6.12. The zero-order valence-electron chi connectivity index (χ0n) is 12.5. The molecule has 3 nitrogen and oxygen atoms in total. The fourth-order valence-corrected chi connectivity index (χ4v) is 2.73. The molecule has 1 aromatic rings. The van der Waals surface area contributed by atoms with Crippen LogP contribution in [0.1, 0.15) is 32.6 Å². The molecule has 1 saturated heterocycles. The van der Waals surface area contributed by atoms with Gasteiger partial charge in [-0.3, -0.25) is 0 Å². The summed E-state index contributed by atoms with van der Waals surface area (Å²) in [5.41, 5.74) is 1.03. The van der Waals surface area contributed by atoms with Crippen molar-refractivity contribution in [2.75, 3.05) is 32.1 Å². The summed E-state index contributed by atoms with van der Waals surface area (Å²) in [6.07, 6.45) is 4.61. The Balaban J connectivity index is 2.04. The van der Waals surface area contributed by atoms with Crippen molar-refractivity contribution in [3.05, 3.63) is 23.2 Å². The van der Waals surface area contributed by atoms with Crippen molar-refractivity contribution in [1.82, 2.24) is 4.90 Å². The van der Waals surface area contributed by atoms with Gasteiger partial charge in [0.05, 0.1) is 12.3 Å². The van der Waals surface area contributed by atoms with Crippen LogP contribution in [0.5, 0.6) is 5.75 Å². The van der Waals surface area contributed by atoms with Crippen molar-refractivity contribution >= 4 is 17.3 Å². The molecule has 1 heterocycles. The SMILES string of the molecule is CCCOc1ccc(Cl)cc1NC1CCCN(C)CC1. The Morgan fingerprint density at radius 3 is 3.00 bits per heavy atom. The first-order chi connectivity index (χ1) is 9.69. The maximum atomic E-state index is 6.12. The normalized spacial score (nSPS) is 20.4. The molecule has 0 radical (unpaired) electrons. The Bertz CT molecular complexity index is 425. The molecular formula is C16H25ClN2O. The van der Waals surface area contributed by atoms with Crippen molar-refractivity contribution in [3.8, 4) is 5.75 Å². The van der Waals surface area contributed by atoms with Gasteiger partial charge < -0.3 is 15.0 Å². The van der Waals surface area contributed by atoms with E-state index in [2.05, 4.69) is 24.2 Å². The zero-order valence-corrected chi connectivity index (χ0v) is 13.2. The molecule has 4 heteroatoms. The Hall–Kier alpha value is -0.930. The van der Waals surface area contributed by atoms with E-state index in [-0.39, 0.29) is 0 Å². The molecule has 1 aliphatic heterocycles. The van der Waals surface area contributed by atoms with E-state index in [1.54, 1.807) is 0 Å². The van der Waals surface area contributed by atoms with Crippen LogP contribution in [0.2, 0.25) is 5.02 Å². The van der Waals surface area contributed by atoms with Gasteiger partial charge in [-0.05, 0) is 64.0 Å². The standard InChI is InChI=1S/C16H25ClN2O/c1-3-11-20-16-7-6-13(17)12-15(16)18-14-5-4-9-19(2)10-8-14/h6-7,12,14,18H,3-5,8-11H2,1-2H3. The molecule has 0 spiro atoms. The van der Waals surface area contributed by atoms with E-state index in [9.17, 15) is 0 Å². The molecule has 0 amide bonds. The minimum Gasteiger partial charge on any atom is -0.491 e. The number of rotatable bonds is 5. The number of nitrogens with zero attached hydrogens (tertiary/aromatic N) is 1. The first-order valence-electron chi connectivity index (χ1n) is 7.56. The van der Waals surface area contributed by atoms with Crippen LogP contribution < -0.4 is 10.1 Å². The highest BCUT2D eigenvalue weighted by Gasteiger charge is 2.16. The molecular weight excluding hydrogens is 272 g/mol. The van der Waals surface area contributed by atoms with Crippen LogP contribution in [0, 0.1) is 0 Å². The molecule has 0 saturated carbocycles. The number of hydrogen-bond donors (Lipinski definition) is 1. The number of anilines is 1. The summed E-state index contributed by atoms with van der Waals surface area (Å²) in [5, 5.41) is 4.38. The highest BCUT2D eigenvalue weighted by Crippen LogP contribution is 2.30. The maximum absolute atomic E-state index is 6.12. The van der Waals surface area contributed by atoms with Crippen LogP contribution in [0.25, 0.3) is 0 Å². The van der Waals surface area contributed by atoms with Gasteiger partial charge in [-0.25, -0.2) is 0 Å². The largest absolute Gasteiger partial charge is 0.491 e. The molecule has 1 fully saturated rings. The smallest absolute Gasteiger partial charge is 0.142 e. The number of benzene rings is 1. The van der Waals surface area contributed by atoms with Gasteiger partial charge in [-0.1, -0.05) is 18.5 Å². The average Bonchev–Trinajstić information content (AvgIpc) is 2.63. The lowest BCUT2D eigenvalue weighted by Crippen LogP contribution is -2.23. The third-order valence-electron chi connectivity index (χ3n) is 3.71. The van der Waals surface area contributed by atoms with Crippen LogP contribution in [0.15, 0.2) is 18.2 Å². The first kappa shape index (κ1) is 15.5. The lowest BCUT2D eigenvalue weighted by Gasteiger charge is -2.20. The predicted octanol–water partition coefficient (Wildman–Crippen LogP) is 4.03. The van der Waals surface area contributed by atoms with Gasteiger partial charge in [-0.15, -0.1) is 0 Å². The van der Waals surface area contributed by atoms with Gasteiger partial charge in [0.25, 0.3) is 0 Å². The molecule has 0 bridgehead atoms. The van der Waals surface area contributed by atoms with E-state index in [1.165, 1.54) is 19.4 Å². The summed E-state index contributed by atoms with van der Waals surface area (Å²) in [6.45, 7) is 5.18. The van der Waals surface area contributed by atoms with Gasteiger partial charge in [0.15, 0.2) is 0 Å². The Labute approximate surface area is 127 Å². The van der Waals surface area contributed by atoms with Crippen LogP contribution in [0.3, 0.4) is 0 Å². The molecule has 1 N–H and O–H groups in total. The molecule has 0 aromatic heterocycles. The van der Waals surface area contributed by atoms with E-state index in [0.29, 0.717) is 6.04 Å². The summed E-state index contributed by atoms with van der Waals surface area (Å²) in [6, 6.07) is 6.32. The van der Waals surface area contributed by atoms with Crippen molar-refractivity contribution in [1.29, 1.82) is 0 Å². The van der Waals surface area contributed by atoms with E-state index in [4.69, 9.17) is 16.3 Å². The monoisotopic (exact) mass is 296 g/mol. The third kappa shape index (κ3) is 4.57. The first-order valence-corrected chi connectivity index (χ1v) is 7.94. The minimum atomic E-state index is 0.502. The number of hydrogen-bond acceptors (Lipinski definition) is 3. The van der Waals surface area contributed by atoms with Crippen molar-refractivity contribution in [2.45, 2.75) is 38.6 Å². The Morgan fingerprint density at radius 2 is 2.20 bits per heavy atom. The van der Waals surface area contributed by atoms with Gasteiger partial charge in [0.2, 0.25) is 0 Å². The van der Waals surface area contributed by atoms with Crippen LogP contribution in [-0.4, -0.2) is 37.7 Å². The van der Waals surface area contributed by atoms with Crippen molar-refractivity contribution in [2.24, 2.45) is 0 Å². The average molecular weight is 297 g/mol. The highest BCUT2D eigenvalue weighted by atomic mass is 35.5. The fraction of sp³-hybridized carbons (Fsp3) is 0.625. The third-order valence-corrected chi connectivity index (χ3v) is 3.95. The molecule has 1 unspecified atom stereocenters. The Kier molecular flexibility index (Phi) is 5.99. The van der Waals surface area contributed by atoms with Crippen molar-refractivity contribution in [3.63, 3.8) is 0 Å². The lowest BCUT2D eigenvalue weighted by atomic mass is 10.1. The second kappa shape index (κ2) is 7.75. The summed E-state index contributed by atoms with van der Waals surface area (Å²) in [5.74, 6) is 0.911. The second-order valence-corrected chi connectivity index (χ2v) is 6.00. The van der Waals surface area contributed by atoms with Gasteiger partial charge >= 0.3 is 0 Å². The Morgan fingerprint density at radius 1 is 1.35 bits per heavy atom. The molecule has 1 aliphatic rings. The summed E-state index contributed by atoms with van der Waals surface area (Å²) < 4.78 is 5.80. The molecule has 0 aliphatic carbocycles. The fourth-order valence-electron chi connectivity index (χ4n) is 2.56. The van der Waals surface area contributed by atoms with E-state index < -0.39 is 0 Å². The van der Waals surface area contributed by atoms with Crippen LogP contribution in [-0.2, 0) is 0 Å². The second-order valence-electron chi connectivity index (χ2n) is 5.56. The number of nitrogens with one attached hydrogen (secondary N) is 1. The van der Waals surface area contributed by atoms with Crippen LogP contribution >= 0.6 is 11.6 Å². The summed E-state index contributed by atoms with van der Waals surface area (Å²) in [7, 11) is 2.19. The van der Waals surface area contributed by atoms with Crippen molar-refractivity contribution < 1.29 is 4.74 Å². The molecule has 2 rings (SSSR count). The lowest BCUT2D eigenvalue weighted by molar-refractivity contribution is 0.318. The van der Waals surface area contributed by atoms with Gasteiger partial charge in [0, 0.05) is 11.1 Å². The molecule has 1 atom stereocenters. The molecule has 20 heavy (non-hydrogen) atoms. The van der Waals surface area contributed by atoms with Gasteiger partial charge in [-0.2, -0.15) is 0 Å². The molecule has 112 valence electrons. The maximum Gasteiger partial charge on any atom is 0.142 e. The minimum absolute atomic E-state index is 0.502. The summed E-state index contributed by atoms with van der Waals surface area (Å²) in [4.78, 5) is 2.40. The van der Waals surface area contributed by atoms with E-state index >= 15 is 0 Å². The highest BCUT2D eigenvalue weighted by molar-refractivity contribution is 6.30. The van der Waals surface area contributed by atoms with Crippen LogP contribution in [0.4, 0.5) is 5.69 Å². The van der Waals surface area contributed by atoms with E-state index in [0.717, 1.165) is 42.5 Å². The molecule has 1 aromatic carbocycles. The number of halogens is 1. The van der Waals surface area contributed by atoms with Gasteiger partial charge in [0.1, 0.15) is 5.75 Å². The quantitative estimate of drug-likeness (QED) is 0.888. The van der Waals surface area contributed by atoms with E-state index in [1.807, 2.05) is 18.2 Å². The predicted molar refractivity (Wildman–Crippen MR) is 86.0 cm³/mol. The topological polar surface area (TPSA) is 24.5 Å². The number of likely N-dealkylation sites (tertiary alicyclic amines) is 1. The zero-order chi connectivity index (χ0) is 14.4. The number of ether oxygens (including phenoxy) is 1.